The Bertz CT molecular complexity index is 385. The van der Waals surface area contributed by atoms with E-state index >= 15 is 0 Å². The van der Waals surface area contributed by atoms with E-state index in [0.29, 0.717) is 17.7 Å². The van der Waals surface area contributed by atoms with Crippen molar-refractivity contribution in [2.24, 2.45) is 0 Å². The van der Waals surface area contributed by atoms with Crippen LogP contribution < -0.4 is 4.74 Å². The highest BCUT2D eigenvalue weighted by Crippen LogP contribution is 2.20. The number of aliphatic carboxylic acids is 1. The Kier molecular flexibility index (Phi) is 4.52. The van der Waals surface area contributed by atoms with Gasteiger partial charge in [0.05, 0.1) is 12.0 Å². The SMILES string of the molecule is CCC(C)(O)COc1ccccc1CC(=O)O. The largest absolute Gasteiger partial charge is 0.490 e. The molecule has 0 fully saturated rings. The Labute approximate surface area is 101 Å². The van der Waals surface area contributed by atoms with Gasteiger partial charge in [-0.15, -0.1) is 0 Å². The molecule has 1 atom stereocenters. The lowest BCUT2D eigenvalue weighted by molar-refractivity contribution is -0.136. The van der Waals surface area contributed by atoms with Crippen LogP contribution in [0.25, 0.3) is 0 Å². The van der Waals surface area contributed by atoms with Gasteiger partial charge in [-0.05, 0) is 19.4 Å². The number of carbonyl (C=O) groups is 1. The zero-order valence-electron chi connectivity index (χ0n) is 10.1. The van der Waals surface area contributed by atoms with Gasteiger partial charge >= 0.3 is 5.97 Å². The molecule has 0 amide bonds. The summed E-state index contributed by atoms with van der Waals surface area (Å²) in [6.07, 6.45) is 0.499. The average Bonchev–Trinajstić information content (AvgIpc) is 2.27. The molecule has 0 heterocycles. The molecule has 0 aliphatic carbocycles. The molecule has 2 N–H and O–H groups in total. The lowest BCUT2D eigenvalue weighted by atomic mass is 10.1. The maximum absolute atomic E-state index is 10.7. The fourth-order valence-corrected chi connectivity index (χ4v) is 1.29. The summed E-state index contributed by atoms with van der Waals surface area (Å²) in [4.78, 5) is 10.7. The van der Waals surface area contributed by atoms with Gasteiger partial charge in [0.2, 0.25) is 0 Å². The van der Waals surface area contributed by atoms with E-state index in [0.717, 1.165) is 0 Å². The predicted octanol–water partition coefficient (Wildman–Crippen LogP) is 1.85. The van der Waals surface area contributed by atoms with E-state index in [1.165, 1.54) is 0 Å². The molecular weight excluding hydrogens is 220 g/mol. The van der Waals surface area contributed by atoms with Crippen molar-refractivity contribution in [2.75, 3.05) is 6.61 Å². The smallest absolute Gasteiger partial charge is 0.307 e. The zero-order chi connectivity index (χ0) is 12.9. The Hall–Kier alpha value is -1.55. The van der Waals surface area contributed by atoms with Crippen LogP contribution >= 0.6 is 0 Å². The Morgan fingerprint density at radius 3 is 2.65 bits per heavy atom. The highest BCUT2D eigenvalue weighted by Gasteiger charge is 2.19. The van der Waals surface area contributed by atoms with Crippen LogP contribution in [0.4, 0.5) is 0 Å². The van der Waals surface area contributed by atoms with E-state index in [9.17, 15) is 9.90 Å². The maximum atomic E-state index is 10.7. The molecule has 94 valence electrons. The van der Waals surface area contributed by atoms with Crippen molar-refractivity contribution < 1.29 is 19.7 Å². The molecule has 0 aliphatic rings. The fraction of sp³-hybridized carbons (Fsp3) is 0.462. The van der Waals surface area contributed by atoms with Crippen molar-refractivity contribution in [3.05, 3.63) is 29.8 Å². The maximum Gasteiger partial charge on any atom is 0.307 e. The van der Waals surface area contributed by atoms with E-state index in [2.05, 4.69) is 0 Å². The molecule has 1 rings (SSSR count). The first-order chi connectivity index (χ1) is 7.94. The van der Waals surface area contributed by atoms with Gasteiger partial charge < -0.3 is 14.9 Å². The summed E-state index contributed by atoms with van der Waals surface area (Å²) >= 11 is 0. The molecule has 1 aromatic rings. The minimum Gasteiger partial charge on any atom is -0.490 e. The minimum absolute atomic E-state index is 0.0789. The number of hydrogen-bond acceptors (Lipinski definition) is 3. The number of rotatable bonds is 6. The van der Waals surface area contributed by atoms with Crippen LogP contribution in [0.2, 0.25) is 0 Å². The minimum atomic E-state index is -0.900. The summed E-state index contributed by atoms with van der Waals surface area (Å²) in [5.41, 5.74) is -0.275. The third-order valence-corrected chi connectivity index (χ3v) is 2.61. The standard InChI is InChI=1S/C13H18O4/c1-3-13(2,16)9-17-11-7-5-4-6-10(11)8-12(14)15/h4-7,16H,3,8-9H2,1-2H3,(H,14,15). The van der Waals surface area contributed by atoms with Crippen molar-refractivity contribution in [3.63, 3.8) is 0 Å². The van der Waals surface area contributed by atoms with E-state index in [-0.39, 0.29) is 13.0 Å². The average molecular weight is 238 g/mol. The molecule has 4 nitrogen and oxygen atoms in total. The molecule has 1 aromatic carbocycles. The van der Waals surface area contributed by atoms with Crippen molar-refractivity contribution in [2.45, 2.75) is 32.3 Å². The second-order valence-electron chi connectivity index (χ2n) is 4.32. The highest BCUT2D eigenvalue weighted by atomic mass is 16.5. The second kappa shape index (κ2) is 5.68. The Morgan fingerprint density at radius 2 is 2.06 bits per heavy atom. The summed E-state index contributed by atoms with van der Waals surface area (Å²) in [6.45, 7) is 3.71. The van der Waals surface area contributed by atoms with Crippen LogP contribution in [-0.4, -0.2) is 28.4 Å². The van der Waals surface area contributed by atoms with Crippen LogP contribution in [0, 0.1) is 0 Å². The molecule has 17 heavy (non-hydrogen) atoms. The summed E-state index contributed by atoms with van der Waals surface area (Å²) < 4.78 is 5.48. The van der Waals surface area contributed by atoms with Crippen molar-refractivity contribution in [3.8, 4) is 5.75 Å². The third kappa shape index (κ3) is 4.44. The normalized spacial score (nSPS) is 14.1. The number of ether oxygens (including phenoxy) is 1. The van der Waals surface area contributed by atoms with Crippen molar-refractivity contribution in [1.82, 2.24) is 0 Å². The molecule has 1 unspecified atom stereocenters. The summed E-state index contributed by atoms with van der Waals surface area (Å²) in [5.74, 6) is -0.382. The predicted molar refractivity (Wildman–Crippen MR) is 64.2 cm³/mol. The molecule has 0 radical (unpaired) electrons. The molecule has 0 spiro atoms. The van der Waals surface area contributed by atoms with Gasteiger partial charge in [-0.1, -0.05) is 25.1 Å². The number of aliphatic hydroxyl groups is 1. The van der Waals surface area contributed by atoms with Gasteiger partial charge in [-0.2, -0.15) is 0 Å². The summed E-state index contributed by atoms with van der Waals surface area (Å²) in [6, 6.07) is 6.97. The first kappa shape index (κ1) is 13.5. The zero-order valence-corrected chi connectivity index (χ0v) is 10.1. The molecule has 0 aliphatic heterocycles. The fourth-order valence-electron chi connectivity index (χ4n) is 1.29. The lowest BCUT2D eigenvalue weighted by Gasteiger charge is -2.22. The van der Waals surface area contributed by atoms with Gasteiger partial charge in [0, 0.05) is 5.56 Å². The van der Waals surface area contributed by atoms with Crippen LogP contribution in [-0.2, 0) is 11.2 Å². The van der Waals surface area contributed by atoms with E-state index < -0.39 is 11.6 Å². The number of benzene rings is 1. The van der Waals surface area contributed by atoms with Gasteiger partial charge in [-0.3, -0.25) is 4.79 Å². The van der Waals surface area contributed by atoms with Gasteiger partial charge in [0.15, 0.2) is 0 Å². The molecular formula is C13H18O4. The van der Waals surface area contributed by atoms with Gasteiger partial charge in [0.25, 0.3) is 0 Å². The van der Waals surface area contributed by atoms with E-state index in [1.807, 2.05) is 6.92 Å². The van der Waals surface area contributed by atoms with Crippen LogP contribution in [0.3, 0.4) is 0 Å². The Balaban J connectivity index is 2.73. The lowest BCUT2D eigenvalue weighted by Crippen LogP contribution is -2.31. The monoisotopic (exact) mass is 238 g/mol. The molecule has 0 saturated carbocycles. The highest BCUT2D eigenvalue weighted by molar-refractivity contribution is 5.71. The molecule has 0 bridgehead atoms. The van der Waals surface area contributed by atoms with E-state index in [1.54, 1.807) is 31.2 Å². The Morgan fingerprint density at radius 1 is 1.41 bits per heavy atom. The van der Waals surface area contributed by atoms with Crippen LogP contribution in [0.15, 0.2) is 24.3 Å². The number of hydrogen-bond donors (Lipinski definition) is 2. The van der Waals surface area contributed by atoms with E-state index in [4.69, 9.17) is 9.84 Å². The second-order valence-corrected chi connectivity index (χ2v) is 4.32. The third-order valence-electron chi connectivity index (χ3n) is 2.61. The van der Waals surface area contributed by atoms with Crippen LogP contribution in [0.5, 0.6) is 5.75 Å². The molecule has 4 heteroatoms. The van der Waals surface area contributed by atoms with Crippen molar-refractivity contribution >= 4 is 5.97 Å². The summed E-state index contributed by atoms with van der Waals surface area (Å²) in [7, 11) is 0. The van der Waals surface area contributed by atoms with Crippen LogP contribution in [0.1, 0.15) is 25.8 Å². The number of carboxylic acid groups (broad SMARTS) is 1. The first-order valence-corrected chi connectivity index (χ1v) is 5.59. The number of para-hydroxylation sites is 1. The molecule has 0 saturated heterocycles. The van der Waals surface area contributed by atoms with Crippen molar-refractivity contribution in [1.29, 1.82) is 0 Å². The quantitative estimate of drug-likeness (QED) is 0.793. The topological polar surface area (TPSA) is 66.8 Å². The summed E-state index contributed by atoms with van der Waals surface area (Å²) in [5, 5.41) is 18.6. The first-order valence-electron chi connectivity index (χ1n) is 5.59. The molecule has 0 aromatic heterocycles. The number of carboxylic acids is 1. The van der Waals surface area contributed by atoms with Gasteiger partial charge in [-0.25, -0.2) is 0 Å². The van der Waals surface area contributed by atoms with Gasteiger partial charge in [0.1, 0.15) is 12.4 Å².